The lowest BCUT2D eigenvalue weighted by molar-refractivity contribution is 0.174. The summed E-state index contributed by atoms with van der Waals surface area (Å²) in [6.45, 7) is 7.37. The molecule has 0 saturated heterocycles. The molecule has 96 valence electrons. The largest absolute Gasteiger partial charge is 0.385 e. The van der Waals surface area contributed by atoms with E-state index in [2.05, 4.69) is 45.0 Å². The lowest BCUT2D eigenvalue weighted by atomic mass is 9.91. The van der Waals surface area contributed by atoms with E-state index in [4.69, 9.17) is 10.5 Å². The van der Waals surface area contributed by atoms with Crippen LogP contribution in [0.5, 0.6) is 0 Å². The SMILES string of the molecule is COCCC(C)C(N)c1ccc(C(C)C)cc1. The Morgan fingerprint density at radius 1 is 1.06 bits per heavy atom. The van der Waals surface area contributed by atoms with E-state index in [0.29, 0.717) is 11.8 Å². The summed E-state index contributed by atoms with van der Waals surface area (Å²) < 4.78 is 5.09. The van der Waals surface area contributed by atoms with Gasteiger partial charge in [-0.1, -0.05) is 45.0 Å². The van der Waals surface area contributed by atoms with Gasteiger partial charge in [-0.15, -0.1) is 0 Å². The van der Waals surface area contributed by atoms with Gasteiger partial charge in [-0.05, 0) is 29.4 Å². The third-order valence-electron chi connectivity index (χ3n) is 3.38. The Kier molecular flexibility index (Phi) is 5.66. The fourth-order valence-electron chi connectivity index (χ4n) is 1.91. The van der Waals surface area contributed by atoms with Gasteiger partial charge < -0.3 is 10.5 Å². The van der Waals surface area contributed by atoms with Gasteiger partial charge in [0.25, 0.3) is 0 Å². The van der Waals surface area contributed by atoms with Gasteiger partial charge in [0.1, 0.15) is 0 Å². The fraction of sp³-hybridized carbons (Fsp3) is 0.600. The van der Waals surface area contributed by atoms with E-state index >= 15 is 0 Å². The van der Waals surface area contributed by atoms with Gasteiger partial charge in [-0.2, -0.15) is 0 Å². The monoisotopic (exact) mass is 235 g/mol. The normalized spacial score (nSPS) is 14.9. The average Bonchev–Trinajstić information content (AvgIpc) is 2.35. The number of nitrogens with two attached hydrogens (primary N) is 1. The van der Waals surface area contributed by atoms with E-state index in [1.165, 1.54) is 11.1 Å². The zero-order chi connectivity index (χ0) is 12.8. The zero-order valence-corrected chi connectivity index (χ0v) is 11.4. The van der Waals surface area contributed by atoms with E-state index in [1.54, 1.807) is 7.11 Å². The van der Waals surface area contributed by atoms with E-state index in [9.17, 15) is 0 Å². The molecule has 2 unspecified atom stereocenters. The highest BCUT2D eigenvalue weighted by Crippen LogP contribution is 2.24. The summed E-state index contributed by atoms with van der Waals surface area (Å²) in [4.78, 5) is 0. The third kappa shape index (κ3) is 4.14. The predicted molar refractivity (Wildman–Crippen MR) is 73.1 cm³/mol. The summed E-state index contributed by atoms with van der Waals surface area (Å²) >= 11 is 0. The van der Waals surface area contributed by atoms with Crippen LogP contribution in [0, 0.1) is 5.92 Å². The molecule has 2 nitrogen and oxygen atoms in total. The van der Waals surface area contributed by atoms with Crippen LogP contribution in [0.2, 0.25) is 0 Å². The van der Waals surface area contributed by atoms with Crippen molar-refractivity contribution in [1.82, 2.24) is 0 Å². The first-order valence-electron chi connectivity index (χ1n) is 6.40. The minimum Gasteiger partial charge on any atom is -0.385 e. The molecule has 2 atom stereocenters. The molecule has 0 saturated carbocycles. The van der Waals surface area contributed by atoms with Crippen LogP contribution in [-0.2, 0) is 4.74 Å². The molecular formula is C15H25NO. The Hall–Kier alpha value is -0.860. The quantitative estimate of drug-likeness (QED) is 0.819. The maximum atomic E-state index is 6.25. The fourth-order valence-corrected chi connectivity index (χ4v) is 1.91. The Balaban J connectivity index is 2.65. The molecule has 0 heterocycles. The van der Waals surface area contributed by atoms with Crippen LogP contribution < -0.4 is 5.73 Å². The van der Waals surface area contributed by atoms with Crippen molar-refractivity contribution in [3.8, 4) is 0 Å². The lowest BCUT2D eigenvalue weighted by Gasteiger charge is -2.20. The van der Waals surface area contributed by atoms with Gasteiger partial charge in [-0.25, -0.2) is 0 Å². The van der Waals surface area contributed by atoms with Gasteiger partial charge in [0, 0.05) is 19.8 Å². The van der Waals surface area contributed by atoms with Crippen molar-refractivity contribution in [2.45, 2.75) is 39.2 Å². The number of hydrogen-bond acceptors (Lipinski definition) is 2. The summed E-state index contributed by atoms with van der Waals surface area (Å²) in [7, 11) is 1.73. The first-order valence-corrected chi connectivity index (χ1v) is 6.40. The molecule has 0 amide bonds. The number of rotatable bonds is 6. The van der Waals surface area contributed by atoms with E-state index in [-0.39, 0.29) is 6.04 Å². The second-order valence-electron chi connectivity index (χ2n) is 5.11. The number of methoxy groups -OCH3 is 1. The van der Waals surface area contributed by atoms with Crippen LogP contribution in [0.1, 0.15) is 50.3 Å². The second-order valence-corrected chi connectivity index (χ2v) is 5.11. The summed E-state index contributed by atoms with van der Waals surface area (Å²) in [6, 6.07) is 8.78. The van der Waals surface area contributed by atoms with Gasteiger partial charge in [0.2, 0.25) is 0 Å². The van der Waals surface area contributed by atoms with Crippen LogP contribution in [0.4, 0.5) is 0 Å². The number of benzene rings is 1. The number of ether oxygens (including phenoxy) is 1. The molecule has 2 N–H and O–H groups in total. The molecule has 0 aliphatic carbocycles. The van der Waals surface area contributed by atoms with Crippen LogP contribution in [-0.4, -0.2) is 13.7 Å². The molecule has 0 fully saturated rings. The van der Waals surface area contributed by atoms with E-state index in [0.717, 1.165) is 13.0 Å². The predicted octanol–water partition coefficient (Wildman–Crippen LogP) is 3.48. The van der Waals surface area contributed by atoms with Crippen LogP contribution in [0.25, 0.3) is 0 Å². The molecule has 1 aromatic carbocycles. The first kappa shape index (κ1) is 14.2. The Morgan fingerprint density at radius 2 is 1.59 bits per heavy atom. The minimum absolute atomic E-state index is 0.103. The topological polar surface area (TPSA) is 35.2 Å². The molecule has 17 heavy (non-hydrogen) atoms. The average molecular weight is 235 g/mol. The minimum atomic E-state index is 0.103. The summed E-state index contributed by atoms with van der Waals surface area (Å²) in [6.07, 6.45) is 1.00. The van der Waals surface area contributed by atoms with Gasteiger partial charge in [-0.3, -0.25) is 0 Å². The maximum Gasteiger partial charge on any atom is 0.0465 e. The lowest BCUT2D eigenvalue weighted by Crippen LogP contribution is -2.20. The van der Waals surface area contributed by atoms with Crippen molar-refractivity contribution in [1.29, 1.82) is 0 Å². The van der Waals surface area contributed by atoms with Crippen molar-refractivity contribution >= 4 is 0 Å². The molecule has 0 aliphatic rings. The number of hydrogen-bond donors (Lipinski definition) is 1. The third-order valence-corrected chi connectivity index (χ3v) is 3.38. The van der Waals surface area contributed by atoms with Crippen molar-refractivity contribution in [3.05, 3.63) is 35.4 Å². The van der Waals surface area contributed by atoms with Gasteiger partial charge >= 0.3 is 0 Å². The van der Waals surface area contributed by atoms with Gasteiger partial charge in [0.05, 0.1) is 0 Å². The van der Waals surface area contributed by atoms with E-state index in [1.807, 2.05) is 0 Å². The van der Waals surface area contributed by atoms with E-state index < -0.39 is 0 Å². The molecule has 1 rings (SSSR count). The first-order chi connectivity index (χ1) is 8.06. The molecule has 0 aromatic heterocycles. The van der Waals surface area contributed by atoms with Crippen molar-refractivity contribution in [2.24, 2.45) is 11.7 Å². The molecule has 0 radical (unpaired) electrons. The zero-order valence-electron chi connectivity index (χ0n) is 11.4. The molecule has 1 aromatic rings. The van der Waals surface area contributed by atoms with Crippen molar-refractivity contribution in [2.75, 3.05) is 13.7 Å². The van der Waals surface area contributed by atoms with Crippen molar-refractivity contribution < 1.29 is 4.74 Å². The van der Waals surface area contributed by atoms with Crippen LogP contribution in [0.15, 0.2) is 24.3 Å². The Bertz CT molecular complexity index is 318. The molecule has 0 aliphatic heterocycles. The highest BCUT2D eigenvalue weighted by Gasteiger charge is 2.14. The maximum absolute atomic E-state index is 6.25. The summed E-state index contributed by atoms with van der Waals surface area (Å²) in [5, 5.41) is 0. The second kappa shape index (κ2) is 6.77. The Labute approximate surface area is 105 Å². The van der Waals surface area contributed by atoms with Crippen molar-refractivity contribution in [3.63, 3.8) is 0 Å². The summed E-state index contributed by atoms with van der Waals surface area (Å²) in [5.74, 6) is 1.02. The van der Waals surface area contributed by atoms with Crippen LogP contribution in [0.3, 0.4) is 0 Å². The standard InChI is InChI=1S/C15H25NO/c1-11(2)13-5-7-14(8-6-13)15(16)12(3)9-10-17-4/h5-8,11-12,15H,9-10,16H2,1-4H3. The summed E-state index contributed by atoms with van der Waals surface area (Å²) in [5.41, 5.74) is 8.84. The molecule has 2 heteroatoms. The molecular weight excluding hydrogens is 210 g/mol. The highest BCUT2D eigenvalue weighted by molar-refractivity contribution is 5.26. The smallest absolute Gasteiger partial charge is 0.0465 e. The highest BCUT2D eigenvalue weighted by atomic mass is 16.5. The van der Waals surface area contributed by atoms with Gasteiger partial charge in [0.15, 0.2) is 0 Å². The Morgan fingerprint density at radius 3 is 2.06 bits per heavy atom. The molecule has 0 bridgehead atoms. The molecule has 0 spiro atoms. The van der Waals surface area contributed by atoms with Crippen LogP contribution >= 0.6 is 0 Å².